The van der Waals surface area contributed by atoms with E-state index in [1.54, 1.807) is 0 Å². The van der Waals surface area contributed by atoms with Gasteiger partial charge in [0.1, 0.15) is 0 Å². The quantitative estimate of drug-likeness (QED) is 0.667. The number of hydrogen-bond donors (Lipinski definition) is 0. The average molecular weight is 254 g/mol. The van der Waals surface area contributed by atoms with Gasteiger partial charge in [-0.3, -0.25) is 0 Å². The van der Waals surface area contributed by atoms with E-state index < -0.39 is 0 Å². The Morgan fingerprint density at radius 1 is 1.33 bits per heavy atom. The van der Waals surface area contributed by atoms with Gasteiger partial charge in [0, 0.05) is 12.5 Å². The predicted octanol–water partition coefficient (Wildman–Crippen LogP) is 4.03. The molecule has 0 N–H and O–H groups in total. The highest BCUT2D eigenvalue weighted by Crippen LogP contribution is 2.50. The first-order chi connectivity index (χ1) is 8.57. The molecule has 0 bridgehead atoms. The van der Waals surface area contributed by atoms with Gasteiger partial charge in [0.2, 0.25) is 0 Å². The molecule has 2 heteroatoms. The molecule has 1 saturated heterocycles. The Morgan fingerprint density at radius 2 is 2.06 bits per heavy atom. The maximum absolute atomic E-state index is 6.08. The number of rotatable bonds is 6. The van der Waals surface area contributed by atoms with Crippen molar-refractivity contribution in [2.45, 2.75) is 71.5 Å². The number of hydrogen-bond acceptors (Lipinski definition) is 2. The highest BCUT2D eigenvalue weighted by atomic mass is 16.6. The summed E-state index contributed by atoms with van der Waals surface area (Å²) >= 11 is 0. The molecular formula is C16H30O2. The molecule has 2 aliphatic rings. The minimum absolute atomic E-state index is 0.211. The number of ether oxygens (including phenoxy) is 2. The van der Waals surface area contributed by atoms with Gasteiger partial charge in [0.05, 0.1) is 18.3 Å². The van der Waals surface area contributed by atoms with Crippen LogP contribution in [0.25, 0.3) is 0 Å². The molecule has 0 aromatic heterocycles. The summed E-state index contributed by atoms with van der Waals surface area (Å²) in [5, 5.41) is 0. The summed E-state index contributed by atoms with van der Waals surface area (Å²) < 4.78 is 11.9. The Kier molecular flexibility index (Phi) is 4.71. The molecule has 106 valence electrons. The Labute approximate surface area is 112 Å². The molecular weight excluding hydrogens is 224 g/mol. The van der Waals surface area contributed by atoms with Gasteiger partial charge in [-0.1, -0.05) is 27.2 Å². The fourth-order valence-corrected chi connectivity index (χ4v) is 3.37. The van der Waals surface area contributed by atoms with Crippen LogP contribution < -0.4 is 0 Å². The topological polar surface area (TPSA) is 21.8 Å². The van der Waals surface area contributed by atoms with Crippen LogP contribution in [0.3, 0.4) is 0 Å². The van der Waals surface area contributed by atoms with E-state index in [0.717, 1.165) is 25.0 Å². The second kappa shape index (κ2) is 5.92. The molecule has 2 rings (SSSR count). The van der Waals surface area contributed by atoms with Crippen molar-refractivity contribution in [3.05, 3.63) is 0 Å². The summed E-state index contributed by atoms with van der Waals surface area (Å²) in [4.78, 5) is 0. The van der Waals surface area contributed by atoms with Crippen molar-refractivity contribution in [1.82, 2.24) is 0 Å². The van der Waals surface area contributed by atoms with Gasteiger partial charge < -0.3 is 9.47 Å². The van der Waals surface area contributed by atoms with Crippen LogP contribution in [0.1, 0.15) is 59.8 Å². The molecule has 0 aromatic rings. The van der Waals surface area contributed by atoms with Crippen LogP contribution in [0.4, 0.5) is 0 Å². The molecule has 1 saturated carbocycles. The van der Waals surface area contributed by atoms with Gasteiger partial charge in [-0.25, -0.2) is 0 Å². The smallest absolute Gasteiger partial charge is 0.0969 e. The molecule has 1 spiro atoms. The van der Waals surface area contributed by atoms with E-state index in [1.165, 1.54) is 32.1 Å². The zero-order chi connectivity index (χ0) is 13.2. The summed E-state index contributed by atoms with van der Waals surface area (Å²) in [5.74, 6) is 2.25. The third-order valence-electron chi connectivity index (χ3n) is 4.97. The van der Waals surface area contributed by atoms with Crippen LogP contribution in [0.5, 0.6) is 0 Å². The lowest BCUT2D eigenvalue weighted by Gasteiger charge is -2.37. The molecule has 2 fully saturated rings. The van der Waals surface area contributed by atoms with Crippen molar-refractivity contribution < 1.29 is 9.47 Å². The van der Waals surface area contributed by atoms with Crippen molar-refractivity contribution in [3.8, 4) is 0 Å². The van der Waals surface area contributed by atoms with Crippen LogP contribution in [-0.2, 0) is 9.47 Å². The molecule has 1 aliphatic heterocycles. The van der Waals surface area contributed by atoms with Gasteiger partial charge in [0.25, 0.3) is 0 Å². The van der Waals surface area contributed by atoms with Gasteiger partial charge in [0.15, 0.2) is 0 Å². The predicted molar refractivity (Wildman–Crippen MR) is 74.7 cm³/mol. The Hall–Kier alpha value is -0.0800. The summed E-state index contributed by atoms with van der Waals surface area (Å²) in [6, 6.07) is 0. The lowest BCUT2D eigenvalue weighted by Crippen LogP contribution is -2.40. The zero-order valence-corrected chi connectivity index (χ0v) is 12.6. The molecule has 2 nitrogen and oxygen atoms in total. The van der Waals surface area contributed by atoms with Gasteiger partial charge in [-0.05, 0) is 44.4 Å². The van der Waals surface area contributed by atoms with Crippen LogP contribution in [0, 0.1) is 17.8 Å². The average Bonchev–Trinajstić information content (AvgIpc) is 3.09. The van der Waals surface area contributed by atoms with E-state index in [2.05, 4.69) is 27.7 Å². The highest BCUT2D eigenvalue weighted by Gasteiger charge is 2.55. The minimum atomic E-state index is 0.211. The van der Waals surface area contributed by atoms with E-state index >= 15 is 0 Å². The Morgan fingerprint density at radius 3 is 2.61 bits per heavy atom. The first kappa shape index (κ1) is 14.3. The second-order valence-corrected chi connectivity index (χ2v) is 6.77. The standard InChI is InChI=1S/C16H30O2/c1-5-14-6-8-16(11-18-16)15(10-14)13(4)17-9-7-12(2)3/h12-15H,5-11H2,1-4H3. The first-order valence-electron chi connectivity index (χ1n) is 7.83. The molecule has 4 atom stereocenters. The maximum Gasteiger partial charge on any atom is 0.0969 e. The van der Waals surface area contributed by atoms with E-state index in [4.69, 9.17) is 9.47 Å². The van der Waals surface area contributed by atoms with Gasteiger partial charge >= 0.3 is 0 Å². The van der Waals surface area contributed by atoms with E-state index in [-0.39, 0.29) is 5.60 Å². The maximum atomic E-state index is 6.08. The third kappa shape index (κ3) is 3.27. The fourth-order valence-electron chi connectivity index (χ4n) is 3.37. The number of epoxide rings is 1. The first-order valence-corrected chi connectivity index (χ1v) is 7.83. The molecule has 0 amide bonds. The summed E-state index contributed by atoms with van der Waals surface area (Å²) in [5.41, 5.74) is 0.211. The SMILES string of the molecule is CCC1CCC2(CO2)C(C(C)OCCC(C)C)C1. The summed E-state index contributed by atoms with van der Waals surface area (Å²) in [6.07, 6.45) is 6.76. The third-order valence-corrected chi connectivity index (χ3v) is 4.97. The van der Waals surface area contributed by atoms with Crippen LogP contribution in [0.2, 0.25) is 0 Å². The largest absolute Gasteiger partial charge is 0.378 e. The monoisotopic (exact) mass is 254 g/mol. The normalized spacial score (nSPS) is 37.2. The van der Waals surface area contributed by atoms with Crippen molar-refractivity contribution in [1.29, 1.82) is 0 Å². The lowest BCUT2D eigenvalue weighted by atomic mass is 9.71. The molecule has 0 radical (unpaired) electrons. The molecule has 0 aromatic carbocycles. The summed E-state index contributed by atoms with van der Waals surface area (Å²) in [6.45, 7) is 11.0. The van der Waals surface area contributed by atoms with Gasteiger partial charge in [-0.15, -0.1) is 0 Å². The van der Waals surface area contributed by atoms with Crippen molar-refractivity contribution in [2.75, 3.05) is 13.2 Å². The highest BCUT2D eigenvalue weighted by molar-refractivity contribution is 5.04. The van der Waals surface area contributed by atoms with Crippen LogP contribution >= 0.6 is 0 Å². The summed E-state index contributed by atoms with van der Waals surface area (Å²) in [7, 11) is 0. The second-order valence-electron chi connectivity index (χ2n) is 6.77. The Balaban J connectivity index is 1.84. The van der Waals surface area contributed by atoms with Gasteiger partial charge in [-0.2, -0.15) is 0 Å². The zero-order valence-electron chi connectivity index (χ0n) is 12.6. The van der Waals surface area contributed by atoms with Crippen molar-refractivity contribution >= 4 is 0 Å². The fraction of sp³-hybridized carbons (Fsp3) is 1.00. The van der Waals surface area contributed by atoms with Crippen LogP contribution in [0.15, 0.2) is 0 Å². The van der Waals surface area contributed by atoms with Crippen LogP contribution in [-0.4, -0.2) is 24.9 Å². The molecule has 18 heavy (non-hydrogen) atoms. The lowest BCUT2D eigenvalue weighted by molar-refractivity contribution is -0.0332. The van der Waals surface area contributed by atoms with E-state index in [1.807, 2.05) is 0 Å². The van der Waals surface area contributed by atoms with E-state index in [9.17, 15) is 0 Å². The minimum Gasteiger partial charge on any atom is -0.378 e. The van der Waals surface area contributed by atoms with Crippen molar-refractivity contribution in [2.24, 2.45) is 17.8 Å². The Bertz CT molecular complexity index is 258. The molecule has 4 unspecified atom stereocenters. The molecule has 1 aliphatic carbocycles. The molecule has 1 heterocycles. The van der Waals surface area contributed by atoms with Crippen molar-refractivity contribution in [3.63, 3.8) is 0 Å². The van der Waals surface area contributed by atoms with E-state index in [0.29, 0.717) is 12.0 Å².